The van der Waals surface area contributed by atoms with E-state index in [-0.39, 0.29) is 0 Å². The van der Waals surface area contributed by atoms with Crippen LogP contribution in [0, 0.1) is 11.8 Å². The van der Waals surface area contributed by atoms with Gasteiger partial charge in [-0.3, -0.25) is 4.79 Å². The highest BCUT2D eigenvalue weighted by molar-refractivity contribution is 5.79. The molecule has 1 amide bonds. The van der Waals surface area contributed by atoms with E-state index in [4.69, 9.17) is 0 Å². The van der Waals surface area contributed by atoms with Crippen molar-refractivity contribution in [2.24, 2.45) is 0 Å². The lowest BCUT2D eigenvalue weighted by atomic mass is 10.1. The molecule has 2 heteroatoms. The maximum absolute atomic E-state index is 11.9. The Morgan fingerprint density at radius 2 is 2.00 bits per heavy atom. The molecule has 1 rings (SSSR count). The lowest BCUT2D eigenvalue weighted by Crippen LogP contribution is -2.32. The van der Waals surface area contributed by atoms with E-state index in [1.807, 2.05) is 0 Å². The van der Waals surface area contributed by atoms with Crippen LogP contribution in [0.15, 0.2) is 12.2 Å². The number of likely N-dealkylation sites (tertiary alicyclic amines) is 1. The van der Waals surface area contributed by atoms with Crippen molar-refractivity contribution in [3.05, 3.63) is 12.2 Å². The number of hydrogen-bond donors (Lipinski definition) is 0. The third kappa shape index (κ3) is 6.28. The van der Waals surface area contributed by atoms with Crippen molar-refractivity contribution in [1.29, 1.82) is 0 Å². The summed E-state index contributed by atoms with van der Waals surface area (Å²) in [6.45, 7) is 5.22. The van der Waals surface area contributed by atoms with Crippen LogP contribution in [-0.4, -0.2) is 23.4 Å². The predicted molar refractivity (Wildman–Crippen MR) is 85.3 cm³/mol. The highest BCUT2D eigenvalue weighted by Gasteiger charge is 2.28. The highest BCUT2D eigenvalue weighted by atomic mass is 16.2. The Kier molecular flexibility index (Phi) is 8.87. The van der Waals surface area contributed by atoms with E-state index in [1.165, 1.54) is 25.7 Å². The summed E-state index contributed by atoms with van der Waals surface area (Å²) in [5, 5.41) is 0. The van der Waals surface area contributed by atoms with Gasteiger partial charge in [0.2, 0.25) is 5.91 Å². The lowest BCUT2D eigenvalue weighted by Gasteiger charge is -2.22. The number of amides is 1. The van der Waals surface area contributed by atoms with Crippen LogP contribution in [0.5, 0.6) is 0 Å². The standard InChI is InChI=1S/C18H29NO/c1-3-5-7-9-11-13-17-14-15-18(20)19(17)16-12-10-8-6-4-2/h11,13,17H,3-4,6,8-10,12,14-16H2,1-2H3/b13-11+. The van der Waals surface area contributed by atoms with Crippen LogP contribution >= 0.6 is 0 Å². The number of allylic oxidation sites excluding steroid dienone is 1. The van der Waals surface area contributed by atoms with Crippen molar-refractivity contribution in [3.63, 3.8) is 0 Å². The number of hydrogen-bond acceptors (Lipinski definition) is 1. The Labute approximate surface area is 124 Å². The average Bonchev–Trinajstić information content (AvgIpc) is 2.79. The quantitative estimate of drug-likeness (QED) is 0.367. The van der Waals surface area contributed by atoms with Crippen LogP contribution in [0.4, 0.5) is 0 Å². The fraction of sp³-hybridized carbons (Fsp3) is 0.722. The molecule has 20 heavy (non-hydrogen) atoms. The molecule has 1 aliphatic rings. The van der Waals surface area contributed by atoms with E-state index < -0.39 is 0 Å². The summed E-state index contributed by atoms with van der Waals surface area (Å²) >= 11 is 0. The maximum Gasteiger partial charge on any atom is 0.223 e. The van der Waals surface area contributed by atoms with Gasteiger partial charge in [-0.15, -0.1) is 5.92 Å². The van der Waals surface area contributed by atoms with Gasteiger partial charge < -0.3 is 4.90 Å². The Balaban J connectivity index is 2.31. The lowest BCUT2D eigenvalue weighted by molar-refractivity contribution is -0.128. The Bertz CT molecular complexity index is 361. The highest BCUT2D eigenvalue weighted by Crippen LogP contribution is 2.20. The molecule has 0 bridgehead atoms. The van der Waals surface area contributed by atoms with E-state index >= 15 is 0 Å². The largest absolute Gasteiger partial charge is 0.336 e. The minimum atomic E-state index is 0.317. The van der Waals surface area contributed by atoms with Gasteiger partial charge >= 0.3 is 0 Å². The van der Waals surface area contributed by atoms with Crippen molar-refractivity contribution < 1.29 is 4.79 Å². The number of unbranched alkanes of at least 4 members (excludes halogenated alkanes) is 4. The first-order valence-electron chi connectivity index (χ1n) is 8.21. The molecule has 0 aliphatic carbocycles. The van der Waals surface area contributed by atoms with Gasteiger partial charge in [-0.2, -0.15) is 0 Å². The number of nitrogens with zero attached hydrogens (tertiary/aromatic N) is 1. The molecule has 1 heterocycles. The van der Waals surface area contributed by atoms with Crippen LogP contribution in [0.2, 0.25) is 0 Å². The maximum atomic E-state index is 11.9. The summed E-state index contributed by atoms with van der Waals surface area (Å²) in [5.41, 5.74) is 0. The second kappa shape index (κ2) is 10.5. The minimum Gasteiger partial charge on any atom is -0.336 e. The molecule has 1 unspecified atom stereocenters. The van der Waals surface area contributed by atoms with Crippen LogP contribution in [0.25, 0.3) is 0 Å². The first-order chi connectivity index (χ1) is 9.79. The minimum absolute atomic E-state index is 0.317. The molecule has 2 nitrogen and oxygen atoms in total. The first kappa shape index (κ1) is 16.8. The fourth-order valence-electron chi connectivity index (χ4n) is 2.61. The molecule has 0 saturated carbocycles. The molecular weight excluding hydrogens is 246 g/mol. The summed E-state index contributed by atoms with van der Waals surface area (Å²) in [7, 11) is 0. The smallest absolute Gasteiger partial charge is 0.223 e. The second-order valence-electron chi connectivity index (χ2n) is 5.45. The Hall–Kier alpha value is -1.23. The molecule has 0 aromatic heterocycles. The summed E-state index contributed by atoms with van der Waals surface area (Å²) in [6.07, 6.45) is 14.0. The van der Waals surface area contributed by atoms with E-state index in [0.29, 0.717) is 18.4 Å². The van der Waals surface area contributed by atoms with Crippen LogP contribution in [-0.2, 0) is 4.79 Å². The molecule has 1 fully saturated rings. The molecule has 0 radical (unpaired) electrons. The normalized spacial score (nSPS) is 18.6. The van der Waals surface area contributed by atoms with Crippen LogP contribution in [0.1, 0.15) is 71.6 Å². The zero-order chi connectivity index (χ0) is 14.6. The van der Waals surface area contributed by atoms with E-state index in [9.17, 15) is 4.79 Å². The van der Waals surface area contributed by atoms with Crippen molar-refractivity contribution in [2.45, 2.75) is 77.7 Å². The summed E-state index contributed by atoms with van der Waals surface area (Å²) in [6, 6.07) is 0.317. The van der Waals surface area contributed by atoms with Crippen molar-refractivity contribution >= 4 is 5.91 Å². The third-order valence-corrected chi connectivity index (χ3v) is 3.76. The molecular formula is C18H29NO. The van der Waals surface area contributed by atoms with Gasteiger partial charge in [0.1, 0.15) is 0 Å². The third-order valence-electron chi connectivity index (χ3n) is 3.76. The molecule has 0 spiro atoms. The number of rotatable bonds is 8. The topological polar surface area (TPSA) is 20.3 Å². The molecule has 1 saturated heterocycles. The SMILES string of the molecule is CCC#CC/C=C/C1CCC(=O)N1CCCCCCC. The molecule has 1 atom stereocenters. The van der Waals surface area contributed by atoms with Crippen molar-refractivity contribution in [2.75, 3.05) is 6.54 Å². The second-order valence-corrected chi connectivity index (χ2v) is 5.45. The van der Waals surface area contributed by atoms with Gasteiger partial charge in [0.25, 0.3) is 0 Å². The van der Waals surface area contributed by atoms with E-state index in [2.05, 4.69) is 42.7 Å². The zero-order valence-electron chi connectivity index (χ0n) is 13.2. The number of carbonyl (C=O) groups excluding carboxylic acids is 1. The Morgan fingerprint density at radius 1 is 1.20 bits per heavy atom. The molecule has 0 aromatic rings. The molecule has 0 aromatic carbocycles. The first-order valence-corrected chi connectivity index (χ1v) is 8.21. The van der Waals surface area contributed by atoms with Gasteiger partial charge in [-0.1, -0.05) is 57.6 Å². The zero-order valence-corrected chi connectivity index (χ0v) is 13.2. The monoisotopic (exact) mass is 275 g/mol. The van der Waals surface area contributed by atoms with Crippen LogP contribution < -0.4 is 0 Å². The molecule has 112 valence electrons. The summed E-state index contributed by atoms with van der Waals surface area (Å²) in [4.78, 5) is 14.0. The average molecular weight is 275 g/mol. The van der Waals surface area contributed by atoms with Gasteiger partial charge in [0.15, 0.2) is 0 Å². The van der Waals surface area contributed by atoms with Gasteiger partial charge in [-0.05, 0) is 12.8 Å². The van der Waals surface area contributed by atoms with Gasteiger partial charge in [0.05, 0.1) is 6.04 Å². The van der Waals surface area contributed by atoms with Crippen LogP contribution in [0.3, 0.4) is 0 Å². The number of carbonyl (C=O) groups is 1. The molecule has 0 N–H and O–H groups in total. The van der Waals surface area contributed by atoms with E-state index in [0.717, 1.165) is 32.2 Å². The van der Waals surface area contributed by atoms with Gasteiger partial charge in [0, 0.05) is 25.8 Å². The van der Waals surface area contributed by atoms with Crippen molar-refractivity contribution in [3.8, 4) is 11.8 Å². The fourth-order valence-corrected chi connectivity index (χ4v) is 2.61. The van der Waals surface area contributed by atoms with E-state index in [1.54, 1.807) is 0 Å². The van der Waals surface area contributed by atoms with Gasteiger partial charge in [-0.25, -0.2) is 0 Å². The van der Waals surface area contributed by atoms with Crippen molar-refractivity contribution in [1.82, 2.24) is 4.90 Å². The summed E-state index contributed by atoms with van der Waals surface area (Å²) < 4.78 is 0. The molecule has 1 aliphatic heterocycles. The Morgan fingerprint density at radius 3 is 2.75 bits per heavy atom. The summed E-state index contributed by atoms with van der Waals surface area (Å²) in [5.74, 6) is 6.51. The predicted octanol–water partition coefficient (Wildman–Crippen LogP) is 4.31.